The predicted octanol–water partition coefficient (Wildman–Crippen LogP) is 2.58. The first kappa shape index (κ1) is 13.4. The molecule has 1 aromatic carbocycles. The molecule has 1 saturated heterocycles. The summed E-state index contributed by atoms with van der Waals surface area (Å²) in [6.07, 6.45) is 2.65. The van der Waals surface area contributed by atoms with Gasteiger partial charge in [0.1, 0.15) is 0 Å². The summed E-state index contributed by atoms with van der Waals surface area (Å²) >= 11 is 0. The van der Waals surface area contributed by atoms with Crippen LogP contribution in [0.25, 0.3) is 0 Å². The highest BCUT2D eigenvalue weighted by Crippen LogP contribution is 2.23. The summed E-state index contributed by atoms with van der Waals surface area (Å²) in [5, 5.41) is 3.47. The molecule has 1 aromatic rings. The number of anilines is 1. The minimum atomic E-state index is 0.378. The third kappa shape index (κ3) is 3.47. The van der Waals surface area contributed by atoms with Gasteiger partial charge in [0.05, 0.1) is 6.61 Å². The van der Waals surface area contributed by atoms with Gasteiger partial charge in [0.15, 0.2) is 0 Å². The molecular formula is C15H24N2O. The summed E-state index contributed by atoms with van der Waals surface area (Å²) in [5.41, 5.74) is 2.72. The first-order valence-corrected chi connectivity index (χ1v) is 6.88. The van der Waals surface area contributed by atoms with E-state index in [1.54, 1.807) is 7.11 Å². The van der Waals surface area contributed by atoms with Gasteiger partial charge in [-0.3, -0.25) is 0 Å². The summed E-state index contributed by atoms with van der Waals surface area (Å²) in [4.78, 5) is 2.48. The van der Waals surface area contributed by atoms with Crippen LogP contribution in [0, 0.1) is 0 Å². The van der Waals surface area contributed by atoms with Crippen molar-refractivity contribution in [2.75, 3.05) is 38.3 Å². The van der Waals surface area contributed by atoms with Gasteiger partial charge < -0.3 is 15.0 Å². The molecule has 18 heavy (non-hydrogen) atoms. The van der Waals surface area contributed by atoms with Crippen LogP contribution in [0.15, 0.2) is 24.3 Å². The van der Waals surface area contributed by atoms with E-state index < -0.39 is 0 Å². The van der Waals surface area contributed by atoms with E-state index >= 15 is 0 Å². The van der Waals surface area contributed by atoms with Crippen LogP contribution in [0.4, 0.5) is 5.69 Å². The molecule has 1 aliphatic rings. The lowest BCUT2D eigenvalue weighted by Gasteiger charge is -2.20. The van der Waals surface area contributed by atoms with Crippen LogP contribution < -0.4 is 10.2 Å². The van der Waals surface area contributed by atoms with Crippen molar-refractivity contribution in [1.82, 2.24) is 5.32 Å². The Morgan fingerprint density at radius 3 is 2.83 bits per heavy atom. The molecule has 1 aliphatic heterocycles. The zero-order valence-electron chi connectivity index (χ0n) is 11.5. The fourth-order valence-electron chi connectivity index (χ4n) is 2.46. The highest BCUT2D eigenvalue weighted by Gasteiger charge is 2.13. The van der Waals surface area contributed by atoms with Gasteiger partial charge in [0, 0.05) is 38.5 Å². The maximum Gasteiger partial charge on any atom is 0.0587 e. The van der Waals surface area contributed by atoms with Crippen LogP contribution >= 0.6 is 0 Å². The maximum atomic E-state index is 5.06. The van der Waals surface area contributed by atoms with Crippen molar-refractivity contribution in [2.45, 2.75) is 25.8 Å². The van der Waals surface area contributed by atoms with E-state index in [2.05, 4.69) is 41.4 Å². The smallest absolute Gasteiger partial charge is 0.0587 e. The Balaban J connectivity index is 1.97. The zero-order valence-corrected chi connectivity index (χ0v) is 11.5. The van der Waals surface area contributed by atoms with Crippen LogP contribution in [0.5, 0.6) is 0 Å². The Morgan fingerprint density at radius 1 is 1.33 bits per heavy atom. The molecule has 0 unspecified atom stereocenters. The van der Waals surface area contributed by atoms with E-state index in [9.17, 15) is 0 Å². The fraction of sp³-hybridized carbons (Fsp3) is 0.600. The van der Waals surface area contributed by atoms with Gasteiger partial charge >= 0.3 is 0 Å². The number of methoxy groups -OCH3 is 1. The van der Waals surface area contributed by atoms with E-state index in [0.29, 0.717) is 6.04 Å². The molecule has 0 aliphatic carbocycles. The first-order chi connectivity index (χ1) is 8.81. The molecule has 3 nitrogen and oxygen atoms in total. The normalized spacial score (nSPS) is 17.1. The van der Waals surface area contributed by atoms with Gasteiger partial charge in [0.25, 0.3) is 0 Å². The second-order valence-electron chi connectivity index (χ2n) is 4.96. The Morgan fingerprint density at radius 2 is 2.11 bits per heavy atom. The predicted molar refractivity (Wildman–Crippen MR) is 76.2 cm³/mol. The topological polar surface area (TPSA) is 24.5 Å². The van der Waals surface area contributed by atoms with E-state index in [1.165, 1.54) is 37.2 Å². The average Bonchev–Trinajstić information content (AvgIpc) is 2.93. The van der Waals surface area contributed by atoms with Crippen molar-refractivity contribution in [3.63, 3.8) is 0 Å². The second-order valence-corrected chi connectivity index (χ2v) is 4.96. The molecule has 2 rings (SSSR count). The molecule has 0 amide bonds. The van der Waals surface area contributed by atoms with Gasteiger partial charge in [0.2, 0.25) is 0 Å². The highest BCUT2D eigenvalue weighted by atomic mass is 16.5. The molecular weight excluding hydrogens is 224 g/mol. The standard InChI is InChI=1S/C15H24N2O/c1-13(16-8-11-18-2)14-6-5-7-15(12-14)17-9-3-4-10-17/h5-7,12-13,16H,3-4,8-11H2,1-2H3/t13-/m0/s1. The minimum Gasteiger partial charge on any atom is -0.383 e. The lowest BCUT2D eigenvalue weighted by atomic mass is 10.1. The summed E-state index contributed by atoms with van der Waals surface area (Å²) in [5.74, 6) is 0. The van der Waals surface area contributed by atoms with Gasteiger partial charge in [-0.05, 0) is 37.5 Å². The summed E-state index contributed by atoms with van der Waals surface area (Å²) in [6, 6.07) is 9.27. The van der Waals surface area contributed by atoms with Crippen LogP contribution in [0.2, 0.25) is 0 Å². The van der Waals surface area contributed by atoms with Crippen LogP contribution in [-0.4, -0.2) is 33.4 Å². The Labute approximate surface area is 110 Å². The second kappa shape index (κ2) is 6.76. The molecule has 0 radical (unpaired) electrons. The van der Waals surface area contributed by atoms with E-state index in [0.717, 1.165) is 13.2 Å². The molecule has 1 fully saturated rings. The van der Waals surface area contributed by atoms with Gasteiger partial charge in [-0.1, -0.05) is 12.1 Å². The third-order valence-corrected chi connectivity index (χ3v) is 3.60. The molecule has 0 spiro atoms. The maximum absolute atomic E-state index is 5.06. The molecule has 100 valence electrons. The van der Waals surface area contributed by atoms with Crippen LogP contribution in [0.1, 0.15) is 31.4 Å². The van der Waals surface area contributed by atoms with Crippen molar-refractivity contribution < 1.29 is 4.74 Å². The van der Waals surface area contributed by atoms with E-state index in [-0.39, 0.29) is 0 Å². The van der Waals surface area contributed by atoms with E-state index in [1.807, 2.05) is 0 Å². The lowest BCUT2D eigenvalue weighted by molar-refractivity contribution is 0.196. The Hall–Kier alpha value is -1.06. The van der Waals surface area contributed by atoms with Crippen molar-refractivity contribution in [1.29, 1.82) is 0 Å². The summed E-state index contributed by atoms with van der Waals surface area (Å²) < 4.78 is 5.06. The van der Waals surface area contributed by atoms with Gasteiger partial charge in [-0.25, -0.2) is 0 Å². The average molecular weight is 248 g/mol. The number of rotatable bonds is 6. The minimum absolute atomic E-state index is 0.378. The quantitative estimate of drug-likeness (QED) is 0.783. The van der Waals surface area contributed by atoms with Crippen LogP contribution in [-0.2, 0) is 4.74 Å². The number of nitrogens with one attached hydrogen (secondary N) is 1. The number of benzene rings is 1. The lowest BCUT2D eigenvalue weighted by Crippen LogP contribution is -2.23. The molecule has 1 heterocycles. The van der Waals surface area contributed by atoms with Crippen molar-refractivity contribution in [3.05, 3.63) is 29.8 Å². The first-order valence-electron chi connectivity index (χ1n) is 6.88. The largest absolute Gasteiger partial charge is 0.383 e. The molecule has 0 bridgehead atoms. The van der Waals surface area contributed by atoms with E-state index in [4.69, 9.17) is 4.74 Å². The zero-order chi connectivity index (χ0) is 12.8. The molecule has 1 N–H and O–H groups in total. The fourth-order valence-corrected chi connectivity index (χ4v) is 2.46. The monoisotopic (exact) mass is 248 g/mol. The Bertz CT molecular complexity index is 361. The summed E-state index contributed by atoms with van der Waals surface area (Å²) in [7, 11) is 1.74. The third-order valence-electron chi connectivity index (χ3n) is 3.60. The molecule has 0 aromatic heterocycles. The Kier molecular flexibility index (Phi) is 5.02. The SMILES string of the molecule is COCCN[C@@H](C)c1cccc(N2CCCC2)c1. The van der Waals surface area contributed by atoms with Gasteiger partial charge in [-0.15, -0.1) is 0 Å². The number of hydrogen-bond donors (Lipinski definition) is 1. The molecule has 0 saturated carbocycles. The number of ether oxygens (including phenoxy) is 1. The van der Waals surface area contributed by atoms with Crippen LogP contribution in [0.3, 0.4) is 0 Å². The molecule has 3 heteroatoms. The van der Waals surface area contributed by atoms with Crippen molar-refractivity contribution in [2.24, 2.45) is 0 Å². The number of nitrogens with zero attached hydrogens (tertiary/aromatic N) is 1. The van der Waals surface area contributed by atoms with Crippen molar-refractivity contribution in [3.8, 4) is 0 Å². The summed E-state index contributed by atoms with van der Waals surface area (Å²) in [6.45, 7) is 6.27. The highest BCUT2D eigenvalue weighted by molar-refractivity contribution is 5.49. The number of hydrogen-bond acceptors (Lipinski definition) is 3. The van der Waals surface area contributed by atoms with Crippen molar-refractivity contribution >= 4 is 5.69 Å². The molecule has 1 atom stereocenters. The van der Waals surface area contributed by atoms with Gasteiger partial charge in [-0.2, -0.15) is 0 Å².